The Morgan fingerprint density at radius 1 is 1.17 bits per heavy atom. The highest BCUT2D eigenvalue weighted by molar-refractivity contribution is 7.12. The summed E-state index contributed by atoms with van der Waals surface area (Å²) in [6.45, 7) is 0.109. The maximum absolute atomic E-state index is 9.17. The van der Waals surface area contributed by atoms with Gasteiger partial charge in [0.15, 0.2) is 0 Å². The molecule has 1 aromatic heterocycles. The van der Waals surface area contributed by atoms with E-state index in [1.165, 1.54) is 11.3 Å². The third-order valence-electron chi connectivity index (χ3n) is 3.39. The molecule has 118 valence electrons. The molecule has 0 amide bonds. The Balaban J connectivity index is 2.03. The van der Waals surface area contributed by atoms with E-state index < -0.39 is 0 Å². The van der Waals surface area contributed by atoms with E-state index in [0.29, 0.717) is 11.4 Å². The quantitative estimate of drug-likeness (QED) is 0.785. The summed E-state index contributed by atoms with van der Waals surface area (Å²) in [5.41, 5.74) is 2.90. The van der Waals surface area contributed by atoms with Gasteiger partial charge in [-0.15, -0.1) is 0 Å². The predicted molar refractivity (Wildman–Crippen MR) is 94.0 cm³/mol. The van der Waals surface area contributed by atoms with E-state index in [9.17, 15) is 5.11 Å². The Morgan fingerprint density at radius 3 is 2.65 bits per heavy atom. The molecular weight excluding hydrogens is 330 g/mol. The van der Waals surface area contributed by atoms with Gasteiger partial charge in [0.25, 0.3) is 0 Å². The number of aliphatic hydroxyl groups is 1. The van der Waals surface area contributed by atoms with Gasteiger partial charge in [-0.2, -0.15) is 5.10 Å². The smallest absolute Gasteiger partial charge is 0.208 e. The van der Waals surface area contributed by atoms with Crippen LogP contribution in [0, 0.1) is 0 Å². The van der Waals surface area contributed by atoms with Crippen molar-refractivity contribution >= 4 is 28.6 Å². The van der Waals surface area contributed by atoms with E-state index in [0.717, 1.165) is 26.6 Å². The zero-order valence-electron chi connectivity index (χ0n) is 12.6. The second-order valence-electron chi connectivity index (χ2n) is 5.03. The fourth-order valence-electron chi connectivity index (χ4n) is 2.21. The summed E-state index contributed by atoms with van der Waals surface area (Å²) in [6, 6.07) is 15.4. The Kier molecular flexibility index (Phi) is 4.91. The minimum atomic E-state index is 0.109. The molecule has 1 heterocycles. The van der Waals surface area contributed by atoms with Crippen LogP contribution < -0.4 is 4.80 Å². The van der Waals surface area contributed by atoms with Crippen molar-refractivity contribution in [2.75, 3.05) is 6.61 Å². The van der Waals surface area contributed by atoms with E-state index >= 15 is 0 Å². The first-order chi connectivity index (χ1) is 11.2. The van der Waals surface area contributed by atoms with E-state index in [2.05, 4.69) is 5.10 Å². The standard InChI is InChI=1S/C17H16ClN3OS/c1-21-17(19-15-5-3-2-4-12(15)10-11-22)23-16(20-21)13-6-8-14(18)9-7-13/h2-9,22H,10-11H2,1H3/b19-17+. The van der Waals surface area contributed by atoms with Crippen molar-refractivity contribution in [3.63, 3.8) is 0 Å². The summed E-state index contributed by atoms with van der Waals surface area (Å²) < 4.78 is 1.77. The van der Waals surface area contributed by atoms with Gasteiger partial charge < -0.3 is 5.11 Å². The molecule has 2 aromatic carbocycles. The first-order valence-corrected chi connectivity index (χ1v) is 8.40. The molecule has 23 heavy (non-hydrogen) atoms. The molecule has 0 bridgehead atoms. The number of para-hydroxylation sites is 1. The molecule has 0 atom stereocenters. The fourth-order valence-corrected chi connectivity index (χ4v) is 3.24. The lowest BCUT2D eigenvalue weighted by molar-refractivity contribution is 0.300. The number of hydrogen-bond donors (Lipinski definition) is 1. The van der Waals surface area contributed by atoms with Crippen LogP contribution in [-0.2, 0) is 13.5 Å². The number of halogens is 1. The van der Waals surface area contributed by atoms with Gasteiger partial charge in [0.05, 0.1) is 5.69 Å². The lowest BCUT2D eigenvalue weighted by Gasteiger charge is -2.02. The van der Waals surface area contributed by atoms with Crippen LogP contribution in [0.5, 0.6) is 0 Å². The second kappa shape index (κ2) is 7.08. The minimum absolute atomic E-state index is 0.109. The van der Waals surface area contributed by atoms with Crippen molar-refractivity contribution in [3.05, 3.63) is 63.9 Å². The van der Waals surface area contributed by atoms with Crippen LogP contribution in [0.4, 0.5) is 5.69 Å². The summed E-state index contributed by atoms with van der Waals surface area (Å²) in [5, 5.41) is 15.3. The Hall–Kier alpha value is -1.95. The topological polar surface area (TPSA) is 50.4 Å². The van der Waals surface area contributed by atoms with Crippen LogP contribution in [0.15, 0.2) is 53.5 Å². The molecule has 3 aromatic rings. The van der Waals surface area contributed by atoms with Gasteiger partial charge in [0.2, 0.25) is 4.80 Å². The average Bonchev–Trinajstić information content (AvgIpc) is 2.91. The van der Waals surface area contributed by atoms with E-state index in [-0.39, 0.29) is 6.61 Å². The van der Waals surface area contributed by atoms with E-state index in [1.54, 1.807) is 4.68 Å². The number of rotatable bonds is 4. The van der Waals surface area contributed by atoms with E-state index in [4.69, 9.17) is 16.6 Å². The molecule has 0 aliphatic rings. The average molecular weight is 346 g/mol. The lowest BCUT2D eigenvalue weighted by Crippen LogP contribution is -2.11. The number of aliphatic hydroxyl groups excluding tert-OH is 1. The highest BCUT2D eigenvalue weighted by atomic mass is 35.5. The molecule has 6 heteroatoms. The molecule has 0 saturated carbocycles. The molecule has 4 nitrogen and oxygen atoms in total. The summed E-state index contributed by atoms with van der Waals surface area (Å²) in [5.74, 6) is 0. The van der Waals surface area contributed by atoms with Crippen molar-refractivity contribution in [2.45, 2.75) is 6.42 Å². The number of aromatic nitrogens is 2. The van der Waals surface area contributed by atoms with Gasteiger partial charge in [-0.1, -0.05) is 53.3 Å². The molecule has 0 aliphatic carbocycles. The largest absolute Gasteiger partial charge is 0.396 e. The molecule has 0 fully saturated rings. The lowest BCUT2D eigenvalue weighted by atomic mass is 10.1. The van der Waals surface area contributed by atoms with Crippen molar-refractivity contribution in [2.24, 2.45) is 12.0 Å². The third kappa shape index (κ3) is 3.69. The number of aryl methyl sites for hydroxylation is 1. The first kappa shape index (κ1) is 15.9. The summed E-state index contributed by atoms with van der Waals surface area (Å²) in [6.07, 6.45) is 0.590. The Morgan fingerprint density at radius 2 is 1.91 bits per heavy atom. The van der Waals surface area contributed by atoms with Crippen LogP contribution >= 0.6 is 22.9 Å². The molecule has 3 rings (SSSR count). The summed E-state index contributed by atoms with van der Waals surface area (Å²) in [4.78, 5) is 5.51. The maximum atomic E-state index is 9.17. The van der Waals surface area contributed by atoms with Crippen molar-refractivity contribution in [3.8, 4) is 10.6 Å². The van der Waals surface area contributed by atoms with Gasteiger partial charge in [0.1, 0.15) is 5.01 Å². The highest BCUT2D eigenvalue weighted by Crippen LogP contribution is 2.23. The number of nitrogens with zero attached hydrogens (tertiary/aromatic N) is 3. The predicted octanol–water partition coefficient (Wildman–Crippen LogP) is 3.57. The molecule has 1 N–H and O–H groups in total. The van der Waals surface area contributed by atoms with Gasteiger partial charge in [0, 0.05) is 24.2 Å². The molecule has 0 unspecified atom stereocenters. The third-order valence-corrected chi connectivity index (χ3v) is 4.69. The number of benzene rings is 2. The highest BCUT2D eigenvalue weighted by Gasteiger charge is 2.06. The Bertz CT molecular complexity index is 868. The van der Waals surface area contributed by atoms with Crippen LogP contribution in [0.25, 0.3) is 10.6 Å². The first-order valence-electron chi connectivity index (χ1n) is 7.21. The van der Waals surface area contributed by atoms with Crippen LogP contribution in [0.1, 0.15) is 5.56 Å². The Labute approximate surface area is 143 Å². The monoisotopic (exact) mass is 345 g/mol. The molecule has 0 spiro atoms. The zero-order valence-corrected chi connectivity index (χ0v) is 14.2. The van der Waals surface area contributed by atoms with E-state index in [1.807, 2.05) is 55.6 Å². The normalized spacial score (nSPS) is 11.9. The SMILES string of the molecule is Cn1nc(-c2ccc(Cl)cc2)s/c1=N/c1ccccc1CCO. The van der Waals surface area contributed by atoms with Crippen molar-refractivity contribution in [1.29, 1.82) is 0 Å². The molecule has 0 aliphatic heterocycles. The second-order valence-corrected chi connectivity index (χ2v) is 6.43. The van der Waals surface area contributed by atoms with Gasteiger partial charge in [-0.25, -0.2) is 9.67 Å². The fraction of sp³-hybridized carbons (Fsp3) is 0.176. The molecule has 0 saturated heterocycles. The van der Waals surface area contributed by atoms with Gasteiger partial charge in [-0.05, 0) is 30.2 Å². The van der Waals surface area contributed by atoms with Crippen LogP contribution in [0.2, 0.25) is 5.02 Å². The molecule has 0 radical (unpaired) electrons. The number of hydrogen-bond acceptors (Lipinski definition) is 4. The summed E-state index contributed by atoms with van der Waals surface area (Å²) in [7, 11) is 1.88. The van der Waals surface area contributed by atoms with Gasteiger partial charge >= 0.3 is 0 Å². The van der Waals surface area contributed by atoms with Crippen LogP contribution in [-0.4, -0.2) is 21.5 Å². The van der Waals surface area contributed by atoms with Crippen LogP contribution in [0.3, 0.4) is 0 Å². The van der Waals surface area contributed by atoms with Gasteiger partial charge in [-0.3, -0.25) is 0 Å². The van der Waals surface area contributed by atoms with Crippen molar-refractivity contribution < 1.29 is 5.11 Å². The zero-order chi connectivity index (χ0) is 16.2. The summed E-state index contributed by atoms with van der Waals surface area (Å²) >= 11 is 7.45. The maximum Gasteiger partial charge on any atom is 0.208 e. The van der Waals surface area contributed by atoms with Crippen molar-refractivity contribution in [1.82, 2.24) is 9.78 Å². The minimum Gasteiger partial charge on any atom is -0.396 e. The molecular formula is C17H16ClN3OS.